The minimum Gasteiger partial charge on any atom is -0.495 e. The fraction of sp³-hybridized carbons (Fsp3) is 0.240. The third-order valence-corrected chi connectivity index (χ3v) is 6.95. The molecule has 0 aliphatic rings. The highest BCUT2D eigenvalue weighted by Gasteiger charge is 2.29. The van der Waals surface area contributed by atoms with Gasteiger partial charge in [-0.05, 0) is 56.2 Å². The number of nitrogens with one attached hydrogen (secondary N) is 1. The van der Waals surface area contributed by atoms with E-state index in [0.717, 1.165) is 21.0 Å². The number of anilines is 1. The molecule has 7 heteroatoms. The second-order valence-corrected chi connectivity index (χ2v) is 9.56. The van der Waals surface area contributed by atoms with Crippen LogP contribution in [-0.4, -0.2) is 28.0 Å². The fourth-order valence-corrected chi connectivity index (χ4v) is 4.81. The lowest BCUT2D eigenvalue weighted by atomic mass is 10.1. The lowest BCUT2D eigenvalue weighted by molar-refractivity contribution is -0.120. The predicted molar refractivity (Wildman–Crippen MR) is 126 cm³/mol. The summed E-state index contributed by atoms with van der Waals surface area (Å²) in [6.07, 6.45) is 0. The van der Waals surface area contributed by atoms with Crippen molar-refractivity contribution in [1.29, 1.82) is 0 Å². The molecule has 0 unspecified atom stereocenters. The first-order valence-corrected chi connectivity index (χ1v) is 11.7. The first kappa shape index (κ1) is 23.3. The van der Waals surface area contributed by atoms with Gasteiger partial charge in [-0.15, -0.1) is 0 Å². The van der Waals surface area contributed by atoms with E-state index >= 15 is 0 Å². The topological polar surface area (TPSA) is 75.7 Å². The van der Waals surface area contributed by atoms with Crippen molar-refractivity contribution in [1.82, 2.24) is 5.32 Å². The van der Waals surface area contributed by atoms with E-state index in [2.05, 4.69) is 5.32 Å². The zero-order chi connectivity index (χ0) is 23.3. The van der Waals surface area contributed by atoms with E-state index in [1.165, 1.54) is 19.2 Å². The number of hydrogen-bond donors (Lipinski definition) is 1. The van der Waals surface area contributed by atoms with Crippen LogP contribution >= 0.6 is 0 Å². The van der Waals surface area contributed by atoms with Gasteiger partial charge in [0, 0.05) is 0 Å². The number of nitrogens with zero attached hydrogens (tertiary/aromatic N) is 1. The Bertz CT molecular complexity index is 1180. The van der Waals surface area contributed by atoms with Crippen LogP contribution in [0.5, 0.6) is 5.75 Å². The monoisotopic (exact) mass is 452 g/mol. The van der Waals surface area contributed by atoms with Crippen molar-refractivity contribution in [3.8, 4) is 5.75 Å². The minimum absolute atomic E-state index is 0.0999. The lowest BCUT2D eigenvalue weighted by Gasteiger charge is -2.26. The number of amides is 1. The van der Waals surface area contributed by atoms with Gasteiger partial charge >= 0.3 is 0 Å². The number of methoxy groups -OCH3 is 1. The molecular weight excluding hydrogens is 424 g/mol. The maximum Gasteiger partial charge on any atom is 0.264 e. The molecule has 0 aliphatic heterocycles. The van der Waals surface area contributed by atoms with E-state index < -0.39 is 15.9 Å². The van der Waals surface area contributed by atoms with Gasteiger partial charge in [-0.2, -0.15) is 0 Å². The number of ether oxygens (including phenoxy) is 1. The van der Waals surface area contributed by atoms with Gasteiger partial charge in [0.2, 0.25) is 5.91 Å². The van der Waals surface area contributed by atoms with Gasteiger partial charge in [0.1, 0.15) is 12.3 Å². The van der Waals surface area contributed by atoms with Crippen molar-refractivity contribution in [2.45, 2.75) is 31.7 Å². The maximum absolute atomic E-state index is 13.5. The average molecular weight is 453 g/mol. The van der Waals surface area contributed by atoms with Gasteiger partial charge < -0.3 is 10.1 Å². The van der Waals surface area contributed by atoms with Crippen LogP contribution in [0.2, 0.25) is 0 Å². The predicted octanol–water partition coefficient (Wildman–Crippen LogP) is 4.38. The largest absolute Gasteiger partial charge is 0.495 e. The van der Waals surface area contributed by atoms with Crippen LogP contribution < -0.4 is 14.4 Å². The Morgan fingerprint density at radius 2 is 1.59 bits per heavy atom. The second-order valence-electron chi connectivity index (χ2n) is 7.70. The Morgan fingerprint density at radius 3 is 2.22 bits per heavy atom. The van der Waals surface area contributed by atoms with Gasteiger partial charge in [0.05, 0.1) is 23.7 Å². The van der Waals surface area contributed by atoms with Gasteiger partial charge in [0.25, 0.3) is 10.0 Å². The number of rotatable bonds is 8. The molecule has 0 bridgehead atoms. The van der Waals surface area contributed by atoms with Gasteiger partial charge in [0.15, 0.2) is 0 Å². The van der Waals surface area contributed by atoms with Crippen molar-refractivity contribution < 1.29 is 17.9 Å². The second kappa shape index (κ2) is 9.87. The number of hydrogen-bond acceptors (Lipinski definition) is 4. The summed E-state index contributed by atoms with van der Waals surface area (Å²) in [6, 6.07) is 20.9. The fourth-order valence-electron chi connectivity index (χ4n) is 3.37. The number of carbonyl (C=O) groups is 1. The van der Waals surface area contributed by atoms with Crippen LogP contribution in [0.25, 0.3) is 0 Å². The van der Waals surface area contributed by atoms with Crippen LogP contribution in [0.1, 0.15) is 29.7 Å². The molecule has 168 valence electrons. The average Bonchev–Trinajstić information content (AvgIpc) is 2.78. The van der Waals surface area contributed by atoms with E-state index in [4.69, 9.17) is 4.74 Å². The summed E-state index contributed by atoms with van der Waals surface area (Å²) < 4.78 is 33.6. The van der Waals surface area contributed by atoms with Gasteiger partial charge in [-0.1, -0.05) is 54.1 Å². The molecule has 6 nitrogen and oxygen atoms in total. The van der Waals surface area contributed by atoms with E-state index in [9.17, 15) is 13.2 Å². The maximum atomic E-state index is 13.5. The molecule has 3 rings (SSSR count). The summed E-state index contributed by atoms with van der Waals surface area (Å²) in [5.74, 6) is -0.0457. The third kappa shape index (κ3) is 5.29. The summed E-state index contributed by atoms with van der Waals surface area (Å²) in [6.45, 7) is 5.34. The summed E-state index contributed by atoms with van der Waals surface area (Å²) in [4.78, 5) is 13.1. The van der Waals surface area contributed by atoms with Crippen molar-refractivity contribution >= 4 is 21.6 Å². The zero-order valence-electron chi connectivity index (χ0n) is 18.7. The molecular formula is C25H28N2O4S. The molecule has 0 radical (unpaired) electrons. The molecule has 0 fully saturated rings. The number of benzene rings is 3. The summed E-state index contributed by atoms with van der Waals surface area (Å²) in [5.41, 5.74) is 3.23. The molecule has 0 spiro atoms. The quantitative estimate of drug-likeness (QED) is 0.550. The number of aryl methyl sites for hydroxylation is 2. The van der Waals surface area contributed by atoms with Crippen LogP contribution in [0.3, 0.4) is 0 Å². The first-order valence-electron chi connectivity index (χ1n) is 10.3. The lowest BCUT2D eigenvalue weighted by Crippen LogP contribution is -2.41. The van der Waals surface area contributed by atoms with Crippen molar-refractivity contribution in [2.75, 3.05) is 18.0 Å². The van der Waals surface area contributed by atoms with E-state index in [-0.39, 0.29) is 17.5 Å². The first-order chi connectivity index (χ1) is 15.2. The minimum atomic E-state index is -4.01. The molecule has 0 saturated heterocycles. The van der Waals surface area contributed by atoms with Crippen LogP contribution in [0.15, 0.2) is 77.7 Å². The molecule has 0 aromatic heterocycles. The SMILES string of the molecule is COc1ccc(C)cc1N(CC(=O)N[C@@H](C)c1ccc(C)cc1)S(=O)(=O)c1ccccc1. The van der Waals surface area contributed by atoms with Crippen molar-refractivity contribution in [3.63, 3.8) is 0 Å². The molecule has 3 aromatic carbocycles. The molecule has 1 atom stereocenters. The Labute approximate surface area is 189 Å². The molecule has 0 heterocycles. The standard InChI is InChI=1S/C25H28N2O4S/c1-18-10-13-21(14-11-18)20(3)26-25(28)17-27(23-16-19(2)12-15-24(23)31-4)32(29,30)22-8-6-5-7-9-22/h5-16,20H,17H2,1-4H3,(H,26,28)/t20-/m0/s1. The zero-order valence-corrected chi connectivity index (χ0v) is 19.5. The Hall–Kier alpha value is -3.32. The Kier molecular flexibility index (Phi) is 7.20. The van der Waals surface area contributed by atoms with Crippen LogP contribution in [-0.2, 0) is 14.8 Å². The van der Waals surface area contributed by atoms with Crippen molar-refractivity contribution in [3.05, 3.63) is 89.5 Å². The molecule has 32 heavy (non-hydrogen) atoms. The van der Waals surface area contributed by atoms with Gasteiger partial charge in [-0.25, -0.2) is 8.42 Å². The third-order valence-electron chi connectivity index (χ3n) is 5.18. The summed E-state index contributed by atoms with van der Waals surface area (Å²) in [5, 5.41) is 2.91. The van der Waals surface area contributed by atoms with Crippen LogP contribution in [0, 0.1) is 13.8 Å². The number of sulfonamides is 1. The van der Waals surface area contributed by atoms with E-state index in [1.807, 2.05) is 51.1 Å². The highest BCUT2D eigenvalue weighted by Crippen LogP contribution is 2.33. The normalized spacial score (nSPS) is 12.1. The smallest absolute Gasteiger partial charge is 0.264 e. The Morgan fingerprint density at radius 1 is 0.969 bits per heavy atom. The van der Waals surface area contributed by atoms with E-state index in [1.54, 1.807) is 30.3 Å². The number of carbonyl (C=O) groups excluding carboxylic acids is 1. The van der Waals surface area contributed by atoms with Crippen LogP contribution in [0.4, 0.5) is 5.69 Å². The molecule has 0 saturated carbocycles. The Balaban J connectivity index is 1.95. The highest BCUT2D eigenvalue weighted by atomic mass is 32.2. The summed E-state index contributed by atoms with van der Waals surface area (Å²) in [7, 11) is -2.54. The van der Waals surface area contributed by atoms with Gasteiger partial charge in [-0.3, -0.25) is 9.10 Å². The molecule has 1 amide bonds. The summed E-state index contributed by atoms with van der Waals surface area (Å²) >= 11 is 0. The van der Waals surface area contributed by atoms with Crippen molar-refractivity contribution in [2.24, 2.45) is 0 Å². The highest BCUT2D eigenvalue weighted by molar-refractivity contribution is 7.92. The molecule has 0 aliphatic carbocycles. The van der Waals surface area contributed by atoms with E-state index in [0.29, 0.717) is 11.4 Å². The molecule has 1 N–H and O–H groups in total. The molecule has 3 aromatic rings.